The molecule has 21 heavy (non-hydrogen) atoms. The van der Waals surface area contributed by atoms with Crippen molar-refractivity contribution in [1.82, 2.24) is 9.62 Å². The van der Waals surface area contributed by atoms with Crippen molar-refractivity contribution in [3.63, 3.8) is 0 Å². The molecule has 1 rings (SSSR count). The molecule has 0 heterocycles. The number of nitrogens with one attached hydrogen (secondary N) is 1. The van der Waals surface area contributed by atoms with Gasteiger partial charge < -0.3 is 5.32 Å². The fourth-order valence-corrected chi connectivity index (χ4v) is 3.46. The van der Waals surface area contributed by atoms with Crippen LogP contribution in [0.1, 0.15) is 25.0 Å². The first-order chi connectivity index (χ1) is 9.82. The molecule has 1 aromatic rings. The van der Waals surface area contributed by atoms with Crippen LogP contribution < -0.4 is 5.32 Å². The second-order valence-corrected chi connectivity index (χ2v) is 6.77. The molecule has 0 aliphatic heterocycles. The lowest BCUT2D eigenvalue weighted by Gasteiger charge is -2.19. The number of alkyl halides is 2. The molecule has 0 radical (unpaired) electrons. The third-order valence-corrected chi connectivity index (χ3v) is 5.08. The second-order valence-electron chi connectivity index (χ2n) is 4.75. The SMILES string of the molecule is CCNCc1ccc(CC)c(S(=O)(=O)N(C)CC(F)F)c1. The molecule has 0 aliphatic rings. The zero-order valence-corrected chi connectivity index (χ0v) is 13.4. The lowest BCUT2D eigenvalue weighted by Crippen LogP contribution is -2.32. The zero-order chi connectivity index (χ0) is 16.0. The Morgan fingerprint density at radius 1 is 1.29 bits per heavy atom. The van der Waals surface area contributed by atoms with Crippen LogP contribution in [0.4, 0.5) is 8.78 Å². The van der Waals surface area contributed by atoms with Gasteiger partial charge in [-0.25, -0.2) is 17.2 Å². The molecular weight excluding hydrogens is 298 g/mol. The Morgan fingerprint density at radius 3 is 2.48 bits per heavy atom. The molecule has 120 valence electrons. The number of rotatable bonds is 8. The molecule has 0 unspecified atom stereocenters. The molecule has 0 spiro atoms. The third-order valence-electron chi connectivity index (χ3n) is 3.17. The van der Waals surface area contributed by atoms with Gasteiger partial charge in [0.25, 0.3) is 6.43 Å². The van der Waals surface area contributed by atoms with Gasteiger partial charge in [-0.3, -0.25) is 0 Å². The molecule has 0 fully saturated rings. The number of halogens is 2. The summed E-state index contributed by atoms with van der Waals surface area (Å²) in [5.74, 6) is 0. The minimum atomic E-state index is -3.90. The van der Waals surface area contributed by atoms with Crippen LogP contribution in [0.15, 0.2) is 23.1 Å². The van der Waals surface area contributed by atoms with Crippen molar-refractivity contribution in [3.8, 4) is 0 Å². The van der Waals surface area contributed by atoms with Gasteiger partial charge in [0, 0.05) is 13.6 Å². The zero-order valence-electron chi connectivity index (χ0n) is 12.6. The lowest BCUT2D eigenvalue weighted by atomic mass is 10.1. The lowest BCUT2D eigenvalue weighted by molar-refractivity contribution is 0.126. The summed E-state index contributed by atoms with van der Waals surface area (Å²) in [6, 6.07) is 5.17. The summed E-state index contributed by atoms with van der Waals surface area (Å²) < 4.78 is 50.5. The molecule has 7 heteroatoms. The summed E-state index contributed by atoms with van der Waals surface area (Å²) in [4.78, 5) is 0.114. The van der Waals surface area contributed by atoms with Crippen LogP contribution in [0.25, 0.3) is 0 Å². The van der Waals surface area contributed by atoms with Crippen molar-refractivity contribution < 1.29 is 17.2 Å². The van der Waals surface area contributed by atoms with E-state index in [0.717, 1.165) is 12.1 Å². The van der Waals surface area contributed by atoms with Gasteiger partial charge in [-0.1, -0.05) is 26.0 Å². The van der Waals surface area contributed by atoms with Gasteiger partial charge in [-0.15, -0.1) is 0 Å². The van der Waals surface area contributed by atoms with Gasteiger partial charge in [0.05, 0.1) is 11.4 Å². The molecule has 0 saturated heterocycles. The van der Waals surface area contributed by atoms with E-state index in [1.807, 2.05) is 19.9 Å². The molecule has 0 atom stereocenters. The smallest absolute Gasteiger partial charge is 0.252 e. The molecule has 0 amide bonds. The topological polar surface area (TPSA) is 49.4 Å². The highest BCUT2D eigenvalue weighted by molar-refractivity contribution is 7.89. The van der Waals surface area contributed by atoms with Crippen molar-refractivity contribution in [1.29, 1.82) is 0 Å². The van der Waals surface area contributed by atoms with E-state index >= 15 is 0 Å². The fourth-order valence-electron chi connectivity index (χ4n) is 1.97. The Balaban J connectivity index is 3.18. The first-order valence-electron chi connectivity index (χ1n) is 6.89. The molecule has 1 aromatic carbocycles. The minimum Gasteiger partial charge on any atom is -0.313 e. The molecule has 0 aliphatic carbocycles. The van der Waals surface area contributed by atoms with E-state index in [0.29, 0.717) is 22.8 Å². The van der Waals surface area contributed by atoms with Crippen molar-refractivity contribution in [2.24, 2.45) is 0 Å². The quantitative estimate of drug-likeness (QED) is 0.799. The van der Waals surface area contributed by atoms with Crippen molar-refractivity contribution >= 4 is 10.0 Å². The Kier molecular flexibility index (Phi) is 6.70. The number of nitrogens with zero attached hydrogens (tertiary/aromatic N) is 1. The summed E-state index contributed by atoms with van der Waals surface area (Å²) in [5, 5.41) is 3.11. The normalized spacial score (nSPS) is 12.3. The van der Waals surface area contributed by atoms with Crippen LogP contribution in [0, 0.1) is 0 Å². The van der Waals surface area contributed by atoms with E-state index in [9.17, 15) is 17.2 Å². The van der Waals surface area contributed by atoms with Gasteiger partial charge in [0.1, 0.15) is 0 Å². The van der Waals surface area contributed by atoms with Crippen molar-refractivity contribution in [3.05, 3.63) is 29.3 Å². The molecule has 0 aromatic heterocycles. The molecular formula is C14H22F2N2O2S. The van der Waals surface area contributed by atoms with E-state index in [-0.39, 0.29) is 4.90 Å². The fraction of sp³-hybridized carbons (Fsp3) is 0.571. The highest BCUT2D eigenvalue weighted by Gasteiger charge is 2.26. The van der Waals surface area contributed by atoms with Crippen LogP contribution in [-0.4, -0.2) is 39.3 Å². The standard InChI is InChI=1S/C14H22F2N2O2S/c1-4-12-7-6-11(9-17-5-2)8-13(12)21(19,20)18(3)10-14(15)16/h6-8,14,17H,4-5,9-10H2,1-3H3. The number of sulfonamides is 1. The highest BCUT2D eigenvalue weighted by Crippen LogP contribution is 2.22. The molecule has 4 nitrogen and oxygen atoms in total. The number of benzene rings is 1. The summed E-state index contributed by atoms with van der Waals surface area (Å²) in [6.07, 6.45) is -2.17. The van der Waals surface area contributed by atoms with Gasteiger partial charge in [-0.05, 0) is 30.2 Å². The van der Waals surface area contributed by atoms with E-state index < -0.39 is 23.0 Å². The molecule has 0 bridgehead atoms. The average Bonchev–Trinajstić information content (AvgIpc) is 2.44. The maximum absolute atomic E-state index is 12.4. The van der Waals surface area contributed by atoms with Gasteiger partial charge in [0.15, 0.2) is 0 Å². The predicted molar refractivity (Wildman–Crippen MR) is 79.0 cm³/mol. The summed E-state index contributed by atoms with van der Waals surface area (Å²) in [6.45, 7) is 4.30. The largest absolute Gasteiger partial charge is 0.313 e. The van der Waals surface area contributed by atoms with Gasteiger partial charge in [0.2, 0.25) is 10.0 Å². The minimum absolute atomic E-state index is 0.114. The second kappa shape index (κ2) is 7.82. The average molecular weight is 320 g/mol. The number of hydrogen-bond acceptors (Lipinski definition) is 3. The van der Waals surface area contributed by atoms with Gasteiger partial charge in [-0.2, -0.15) is 4.31 Å². The van der Waals surface area contributed by atoms with Crippen LogP contribution in [0.3, 0.4) is 0 Å². The number of hydrogen-bond donors (Lipinski definition) is 1. The highest BCUT2D eigenvalue weighted by atomic mass is 32.2. The number of aryl methyl sites for hydroxylation is 1. The molecule has 1 N–H and O–H groups in total. The summed E-state index contributed by atoms with van der Waals surface area (Å²) in [7, 11) is -2.72. The van der Waals surface area contributed by atoms with Crippen LogP contribution in [0.5, 0.6) is 0 Å². The van der Waals surface area contributed by atoms with Crippen LogP contribution in [-0.2, 0) is 23.0 Å². The Labute approximate surface area is 125 Å². The van der Waals surface area contributed by atoms with E-state index in [1.165, 1.54) is 7.05 Å². The van der Waals surface area contributed by atoms with E-state index in [4.69, 9.17) is 0 Å². The van der Waals surface area contributed by atoms with Crippen molar-refractivity contribution in [2.45, 2.75) is 38.1 Å². The van der Waals surface area contributed by atoms with E-state index in [2.05, 4.69) is 5.32 Å². The molecule has 0 saturated carbocycles. The van der Waals surface area contributed by atoms with E-state index in [1.54, 1.807) is 12.1 Å². The van der Waals surface area contributed by atoms with Crippen molar-refractivity contribution in [2.75, 3.05) is 20.1 Å². The summed E-state index contributed by atoms with van der Waals surface area (Å²) in [5.41, 5.74) is 1.45. The summed E-state index contributed by atoms with van der Waals surface area (Å²) >= 11 is 0. The third kappa shape index (κ3) is 4.72. The predicted octanol–water partition coefficient (Wildman–Crippen LogP) is 2.24. The maximum atomic E-state index is 12.4. The van der Waals surface area contributed by atoms with Gasteiger partial charge >= 0.3 is 0 Å². The first kappa shape index (κ1) is 18.0. The maximum Gasteiger partial charge on any atom is 0.252 e. The Morgan fingerprint density at radius 2 is 1.95 bits per heavy atom. The van der Waals surface area contributed by atoms with Crippen LogP contribution >= 0.6 is 0 Å². The Hall–Kier alpha value is -1.05. The first-order valence-corrected chi connectivity index (χ1v) is 8.33. The Bertz CT molecular complexity index is 562. The monoisotopic (exact) mass is 320 g/mol. The van der Waals surface area contributed by atoms with Crippen LogP contribution in [0.2, 0.25) is 0 Å².